The third-order valence-electron chi connectivity index (χ3n) is 4.02. The Bertz CT molecular complexity index is 1120. The molecule has 3 heterocycles. The number of hydrogen-bond acceptors (Lipinski definition) is 6. The molecule has 7 heteroatoms. The fourth-order valence-electron chi connectivity index (χ4n) is 2.71. The maximum atomic E-state index is 11.6. The molecule has 1 aromatic carbocycles. The molecule has 0 aliphatic heterocycles. The smallest absolute Gasteiger partial charge is 0.178 e. The highest BCUT2D eigenvalue weighted by molar-refractivity contribution is 5.92. The third kappa shape index (κ3) is 2.84. The number of benzene rings is 1. The van der Waals surface area contributed by atoms with Crippen molar-refractivity contribution in [3.8, 4) is 17.2 Å². The van der Waals surface area contributed by atoms with Crippen molar-refractivity contribution in [3.05, 3.63) is 66.2 Å². The highest BCUT2D eigenvalue weighted by Crippen LogP contribution is 2.24. The Balaban J connectivity index is 1.84. The molecule has 0 saturated heterocycles. The van der Waals surface area contributed by atoms with E-state index < -0.39 is 0 Å². The van der Waals surface area contributed by atoms with Crippen molar-refractivity contribution in [1.82, 2.24) is 24.7 Å². The van der Waals surface area contributed by atoms with Gasteiger partial charge >= 0.3 is 0 Å². The maximum Gasteiger partial charge on any atom is 0.178 e. The number of carbonyl (C=O) groups excluding carboxylic acids is 1. The molecule has 0 bridgehead atoms. The van der Waals surface area contributed by atoms with Gasteiger partial charge in [0.1, 0.15) is 5.69 Å². The van der Waals surface area contributed by atoms with Crippen LogP contribution in [0.4, 0.5) is 0 Å². The number of pyridine rings is 1. The first-order chi connectivity index (χ1) is 12.7. The number of fused-ring (bicyclic) bond motifs is 1. The average molecular weight is 345 g/mol. The van der Waals surface area contributed by atoms with Crippen molar-refractivity contribution in [3.63, 3.8) is 0 Å². The second-order valence-electron chi connectivity index (χ2n) is 5.80. The molecule has 0 atom stereocenters. The summed E-state index contributed by atoms with van der Waals surface area (Å²) in [6, 6.07) is 12.7. The molecule has 4 aromatic rings. The molecule has 26 heavy (non-hydrogen) atoms. The summed E-state index contributed by atoms with van der Waals surface area (Å²) in [5.41, 5.74) is 2.56. The number of aliphatic hydroxyl groups is 1. The van der Waals surface area contributed by atoms with Crippen LogP contribution in [0.5, 0.6) is 0 Å². The summed E-state index contributed by atoms with van der Waals surface area (Å²) < 4.78 is 1.70. The molecule has 7 nitrogen and oxygen atoms in total. The van der Waals surface area contributed by atoms with Gasteiger partial charge in [-0.3, -0.25) is 4.79 Å². The zero-order valence-corrected chi connectivity index (χ0v) is 14.0. The molecule has 1 N–H and O–H groups in total. The summed E-state index contributed by atoms with van der Waals surface area (Å²) in [4.78, 5) is 24.6. The van der Waals surface area contributed by atoms with E-state index in [1.54, 1.807) is 29.2 Å². The lowest BCUT2D eigenvalue weighted by molar-refractivity contribution is 0.101. The molecule has 4 rings (SSSR count). The molecule has 0 fully saturated rings. The fourth-order valence-corrected chi connectivity index (χ4v) is 2.71. The Kier molecular flexibility index (Phi) is 3.98. The van der Waals surface area contributed by atoms with Crippen LogP contribution < -0.4 is 0 Å². The van der Waals surface area contributed by atoms with E-state index in [0.29, 0.717) is 23.0 Å². The molecule has 0 aliphatic rings. The van der Waals surface area contributed by atoms with E-state index in [9.17, 15) is 9.90 Å². The van der Waals surface area contributed by atoms with Gasteiger partial charge in [0.05, 0.1) is 24.0 Å². The van der Waals surface area contributed by atoms with Crippen molar-refractivity contribution in [2.24, 2.45) is 0 Å². The molecule has 128 valence electrons. The highest BCUT2D eigenvalue weighted by atomic mass is 16.3. The minimum absolute atomic E-state index is 0.107. The van der Waals surface area contributed by atoms with E-state index in [0.717, 1.165) is 16.5 Å². The Morgan fingerprint density at radius 2 is 2.04 bits per heavy atom. The SMILES string of the molecule is CC(=O)c1ccnc(-c2ccc3cnn(-c4cccc(CO)n4)c3c2)n1. The molecule has 0 saturated carbocycles. The number of nitrogens with zero attached hydrogens (tertiary/aromatic N) is 5. The van der Waals surface area contributed by atoms with Crippen LogP contribution in [0, 0.1) is 0 Å². The summed E-state index contributed by atoms with van der Waals surface area (Å²) in [6.07, 6.45) is 3.33. The first-order valence-corrected chi connectivity index (χ1v) is 8.05. The number of aromatic nitrogens is 5. The van der Waals surface area contributed by atoms with E-state index in [4.69, 9.17) is 0 Å². The van der Waals surface area contributed by atoms with Crippen molar-refractivity contribution >= 4 is 16.7 Å². The van der Waals surface area contributed by atoms with Crippen LogP contribution in [0.1, 0.15) is 23.1 Å². The van der Waals surface area contributed by atoms with Crippen molar-refractivity contribution < 1.29 is 9.90 Å². The number of ketones is 1. The van der Waals surface area contributed by atoms with E-state index in [2.05, 4.69) is 20.1 Å². The Morgan fingerprint density at radius 1 is 1.15 bits per heavy atom. The Morgan fingerprint density at radius 3 is 2.85 bits per heavy atom. The van der Waals surface area contributed by atoms with Gasteiger partial charge in [0, 0.05) is 24.1 Å². The Labute approximate surface area is 149 Å². The van der Waals surface area contributed by atoms with Crippen LogP contribution in [0.3, 0.4) is 0 Å². The minimum atomic E-state index is -0.135. The zero-order chi connectivity index (χ0) is 18.1. The van der Waals surface area contributed by atoms with Crippen LogP contribution in [0.25, 0.3) is 28.1 Å². The van der Waals surface area contributed by atoms with E-state index in [1.165, 1.54) is 6.92 Å². The van der Waals surface area contributed by atoms with Gasteiger partial charge in [-0.15, -0.1) is 0 Å². The summed E-state index contributed by atoms with van der Waals surface area (Å²) in [5, 5.41) is 14.6. The van der Waals surface area contributed by atoms with E-state index >= 15 is 0 Å². The van der Waals surface area contributed by atoms with Crippen molar-refractivity contribution in [2.75, 3.05) is 0 Å². The van der Waals surface area contributed by atoms with Crippen LogP contribution in [0.15, 0.2) is 54.9 Å². The van der Waals surface area contributed by atoms with Gasteiger partial charge in [0.2, 0.25) is 0 Å². The second kappa shape index (κ2) is 6.45. The zero-order valence-electron chi connectivity index (χ0n) is 14.0. The summed E-state index contributed by atoms with van der Waals surface area (Å²) in [6.45, 7) is 1.34. The summed E-state index contributed by atoms with van der Waals surface area (Å²) in [7, 11) is 0. The van der Waals surface area contributed by atoms with Crippen LogP contribution in [0.2, 0.25) is 0 Å². The summed E-state index contributed by atoms with van der Waals surface area (Å²) >= 11 is 0. The number of carbonyl (C=O) groups is 1. The van der Waals surface area contributed by atoms with Gasteiger partial charge in [-0.05, 0) is 24.3 Å². The number of aliphatic hydroxyl groups excluding tert-OH is 1. The van der Waals surface area contributed by atoms with Gasteiger partial charge in [-0.2, -0.15) is 5.10 Å². The normalized spacial score (nSPS) is 11.0. The predicted octanol–water partition coefficient (Wildman–Crippen LogP) is 2.57. The molecular weight excluding hydrogens is 330 g/mol. The van der Waals surface area contributed by atoms with Gasteiger partial charge in [0.25, 0.3) is 0 Å². The standard InChI is InChI=1S/C19H15N5O2/c1-12(26)16-7-8-20-19(23-16)13-5-6-14-10-21-24(17(14)9-13)18-4-2-3-15(11-25)22-18/h2-10,25H,11H2,1H3. The lowest BCUT2D eigenvalue weighted by atomic mass is 10.1. The van der Waals surface area contributed by atoms with E-state index in [1.807, 2.05) is 30.3 Å². The highest BCUT2D eigenvalue weighted by Gasteiger charge is 2.11. The maximum absolute atomic E-state index is 11.6. The third-order valence-corrected chi connectivity index (χ3v) is 4.02. The fraction of sp³-hybridized carbons (Fsp3) is 0.105. The van der Waals surface area contributed by atoms with Crippen LogP contribution in [-0.2, 0) is 6.61 Å². The monoisotopic (exact) mass is 345 g/mol. The quantitative estimate of drug-likeness (QED) is 0.571. The number of hydrogen-bond donors (Lipinski definition) is 1. The van der Waals surface area contributed by atoms with E-state index in [-0.39, 0.29) is 12.4 Å². The van der Waals surface area contributed by atoms with Gasteiger partial charge < -0.3 is 5.11 Å². The Hall–Kier alpha value is -3.45. The van der Waals surface area contributed by atoms with Gasteiger partial charge in [-0.1, -0.05) is 18.2 Å². The van der Waals surface area contributed by atoms with Gasteiger partial charge in [0.15, 0.2) is 17.4 Å². The molecule has 0 unspecified atom stereocenters. The lowest BCUT2D eigenvalue weighted by Crippen LogP contribution is -2.02. The van der Waals surface area contributed by atoms with Crippen molar-refractivity contribution in [2.45, 2.75) is 13.5 Å². The topological polar surface area (TPSA) is 93.8 Å². The molecular formula is C19H15N5O2. The van der Waals surface area contributed by atoms with Crippen LogP contribution >= 0.6 is 0 Å². The van der Waals surface area contributed by atoms with Crippen molar-refractivity contribution in [1.29, 1.82) is 0 Å². The van der Waals surface area contributed by atoms with Crippen LogP contribution in [-0.4, -0.2) is 35.6 Å². The largest absolute Gasteiger partial charge is 0.390 e. The molecule has 0 spiro atoms. The summed E-state index contributed by atoms with van der Waals surface area (Å²) in [5.74, 6) is 0.983. The number of rotatable bonds is 4. The first kappa shape index (κ1) is 16.0. The minimum Gasteiger partial charge on any atom is -0.390 e. The molecule has 3 aromatic heterocycles. The molecule has 0 radical (unpaired) electrons. The molecule has 0 aliphatic carbocycles. The first-order valence-electron chi connectivity index (χ1n) is 8.05. The van der Waals surface area contributed by atoms with Gasteiger partial charge in [-0.25, -0.2) is 19.6 Å². The predicted molar refractivity (Wildman–Crippen MR) is 95.8 cm³/mol. The average Bonchev–Trinajstić information content (AvgIpc) is 3.11. The number of Topliss-reactive ketones (excluding diaryl/α,β-unsaturated/α-hetero) is 1. The lowest BCUT2D eigenvalue weighted by Gasteiger charge is -2.06. The molecule has 0 amide bonds. The second-order valence-corrected chi connectivity index (χ2v) is 5.80.